The van der Waals surface area contributed by atoms with Crippen molar-refractivity contribution in [3.8, 4) is 0 Å². The zero-order valence-corrected chi connectivity index (χ0v) is 12.2. The monoisotopic (exact) mass is 284 g/mol. The average Bonchev–Trinajstić information content (AvgIpc) is 2.53. The maximum absolute atomic E-state index is 12.7. The highest BCUT2D eigenvalue weighted by atomic mass is 16.2. The van der Waals surface area contributed by atoms with E-state index in [1.807, 2.05) is 36.1 Å². The number of aromatic nitrogens is 2. The van der Waals surface area contributed by atoms with Crippen LogP contribution in [0.1, 0.15) is 36.7 Å². The largest absolute Gasteiger partial charge is 0.333 e. The molecule has 1 saturated heterocycles. The van der Waals surface area contributed by atoms with E-state index in [1.165, 1.54) is 0 Å². The smallest absolute Gasteiger partial charge is 0.274 e. The van der Waals surface area contributed by atoms with Crippen molar-refractivity contribution in [1.29, 1.82) is 0 Å². The van der Waals surface area contributed by atoms with E-state index in [9.17, 15) is 4.79 Å². The standard InChI is InChI=1S/C16H20N4O/c1-11(17)15-8-4-5-9-20(15)16(21)14-10-18-12-6-2-3-7-13(12)19-14/h2-3,6-7,10-11,15H,4-5,8-9,17H2,1H3. The quantitative estimate of drug-likeness (QED) is 0.915. The highest BCUT2D eigenvalue weighted by Gasteiger charge is 2.30. The SMILES string of the molecule is CC(N)C1CCCCN1C(=O)c1cnc2ccccc2n1. The Hall–Kier alpha value is -2.01. The Labute approximate surface area is 124 Å². The molecule has 3 rings (SSSR count). The average molecular weight is 284 g/mol. The van der Waals surface area contributed by atoms with Crippen LogP contribution in [0.2, 0.25) is 0 Å². The molecule has 0 spiro atoms. The van der Waals surface area contributed by atoms with Crippen LogP contribution in [0.4, 0.5) is 0 Å². The number of likely N-dealkylation sites (tertiary alicyclic amines) is 1. The zero-order valence-electron chi connectivity index (χ0n) is 12.2. The molecule has 1 aromatic heterocycles. The van der Waals surface area contributed by atoms with Gasteiger partial charge in [-0.1, -0.05) is 12.1 Å². The van der Waals surface area contributed by atoms with E-state index >= 15 is 0 Å². The number of carbonyl (C=O) groups is 1. The van der Waals surface area contributed by atoms with Crippen LogP contribution in [0.5, 0.6) is 0 Å². The number of carbonyl (C=O) groups excluding carboxylic acids is 1. The van der Waals surface area contributed by atoms with E-state index in [1.54, 1.807) is 6.20 Å². The minimum atomic E-state index is -0.0600. The van der Waals surface area contributed by atoms with Crippen LogP contribution >= 0.6 is 0 Å². The topological polar surface area (TPSA) is 72.1 Å². The summed E-state index contributed by atoms with van der Waals surface area (Å²) in [5.41, 5.74) is 7.99. The van der Waals surface area contributed by atoms with Crippen molar-refractivity contribution >= 4 is 16.9 Å². The van der Waals surface area contributed by atoms with E-state index in [4.69, 9.17) is 5.73 Å². The van der Waals surface area contributed by atoms with E-state index in [-0.39, 0.29) is 18.0 Å². The number of nitrogens with zero attached hydrogens (tertiary/aromatic N) is 3. The molecule has 110 valence electrons. The van der Waals surface area contributed by atoms with Crippen molar-refractivity contribution in [2.24, 2.45) is 5.73 Å². The first-order chi connectivity index (χ1) is 10.2. The first kappa shape index (κ1) is 13.9. The number of rotatable bonds is 2. The Balaban J connectivity index is 1.91. The molecule has 2 heterocycles. The van der Waals surface area contributed by atoms with Gasteiger partial charge in [0.1, 0.15) is 5.69 Å². The van der Waals surface area contributed by atoms with Gasteiger partial charge >= 0.3 is 0 Å². The Morgan fingerprint density at radius 2 is 2.10 bits per heavy atom. The molecule has 1 aliphatic heterocycles. The summed E-state index contributed by atoms with van der Waals surface area (Å²) in [5.74, 6) is -0.0600. The minimum absolute atomic E-state index is 0.0253. The summed E-state index contributed by atoms with van der Waals surface area (Å²) in [5, 5.41) is 0. The highest BCUT2D eigenvalue weighted by molar-refractivity contribution is 5.94. The lowest BCUT2D eigenvalue weighted by Gasteiger charge is -2.37. The van der Waals surface area contributed by atoms with E-state index in [0.29, 0.717) is 5.69 Å². The molecule has 0 aliphatic carbocycles. The van der Waals surface area contributed by atoms with Gasteiger partial charge in [0.05, 0.1) is 17.2 Å². The molecule has 1 aliphatic rings. The van der Waals surface area contributed by atoms with Gasteiger partial charge in [0, 0.05) is 18.6 Å². The summed E-state index contributed by atoms with van der Waals surface area (Å²) in [6.07, 6.45) is 4.68. The molecule has 2 N–H and O–H groups in total. The second-order valence-corrected chi connectivity index (χ2v) is 5.66. The van der Waals surface area contributed by atoms with Gasteiger partial charge in [-0.2, -0.15) is 0 Å². The van der Waals surface area contributed by atoms with Crippen LogP contribution in [-0.2, 0) is 0 Å². The highest BCUT2D eigenvalue weighted by Crippen LogP contribution is 2.21. The first-order valence-electron chi connectivity index (χ1n) is 7.45. The molecule has 0 bridgehead atoms. The molecule has 21 heavy (non-hydrogen) atoms. The van der Waals surface area contributed by atoms with Crippen molar-refractivity contribution < 1.29 is 4.79 Å². The van der Waals surface area contributed by atoms with Crippen molar-refractivity contribution in [1.82, 2.24) is 14.9 Å². The third-order valence-corrected chi connectivity index (χ3v) is 4.08. The second-order valence-electron chi connectivity index (χ2n) is 5.66. The lowest BCUT2D eigenvalue weighted by Crippen LogP contribution is -2.51. The number of para-hydroxylation sites is 2. The summed E-state index contributed by atoms with van der Waals surface area (Å²) < 4.78 is 0. The molecular weight excluding hydrogens is 264 g/mol. The number of fused-ring (bicyclic) bond motifs is 1. The molecule has 1 aromatic carbocycles. The van der Waals surface area contributed by atoms with E-state index < -0.39 is 0 Å². The minimum Gasteiger partial charge on any atom is -0.333 e. The molecule has 2 atom stereocenters. The van der Waals surface area contributed by atoms with Crippen LogP contribution in [-0.4, -0.2) is 39.4 Å². The van der Waals surface area contributed by atoms with Crippen LogP contribution in [0, 0.1) is 0 Å². The molecule has 2 unspecified atom stereocenters. The number of nitrogens with two attached hydrogens (primary N) is 1. The van der Waals surface area contributed by atoms with Crippen molar-refractivity contribution in [2.45, 2.75) is 38.3 Å². The van der Waals surface area contributed by atoms with Crippen LogP contribution in [0.15, 0.2) is 30.5 Å². The number of benzene rings is 1. The van der Waals surface area contributed by atoms with Gasteiger partial charge in [0.2, 0.25) is 0 Å². The van der Waals surface area contributed by atoms with Gasteiger partial charge < -0.3 is 10.6 Å². The Kier molecular flexibility index (Phi) is 3.84. The lowest BCUT2D eigenvalue weighted by molar-refractivity contribution is 0.0577. The van der Waals surface area contributed by atoms with E-state index in [2.05, 4.69) is 9.97 Å². The van der Waals surface area contributed by atoms with Gasteiger partial charge in [-0.25, -0.2) is 4.98 Å². The second kappa shape index (κ2) is 5.77. The summed E-state index contributed by atoms with van der Waals surface area (Å²) >= 11 is 0. The van der Waals surface area contributed by atoms with Crippen LogP contribution in [0.25, 0.3) is 11.0 Å². The molecule has 1 amide bonds. The van der Waals surface area contributed by atoms with Gasteiger partial charge in [-0.05, 0) is 38.3 Å². The predicted octanol–water partition coefficient (Wildman–Crippen LogP) is 1.97. The fourth-order valence-electron chi connectivity index (χ4n) is 2.96. The third kappa shape index (κ3) is 2.74. The van der Waals surface area contributed by atoms with E-state index in [0.717, 1.165) is 36.8 Å². The Bertz CT molecular complexity index is 656. The number of amides is 1. The molecular formula is C16H20N4O. The zero-order chi connectivity index (χ0) is 14.8. The fourth-order valence-corrected chi connectivity index (χ4v) is 2.96. The lowest BCUT2D eigenvalue weighted by atomic mass is 9.96. The number of hydrogen-bond donors (Lipinski definition) is 1. The van der Waals surface area contributed by atoms with Crippen molar-refractivity contribution in [2.75, 3.05) is 6.54 Å². The first-order valence-corrected chi connectivity index (χ1v) is 7.45. The van der Waals surface area contributed by atoms with Crippen LogP contribution < -0.4 is 5.73 Å². The Morgan fingerprint density at radius 1 is 1.33 bits per heavy atom. The van der Waals surface area contributed by atoms with Crippen molar-refractivity contribution in [3.63, 3.8) is 0 Å². The normalized spacial score (nSPS) is 20.5. The fraction of sp³-hybridized carbons (Fsp3) is 0.438. The Morgan fingerprint density at radius 3 is 2.86 bits per heavy atom. The number of hydrogen-bond acceptors (Lipinski definition) is 4. The molecule has 1 fully saturated rings. The van der Waals surface area contributed by atoms with Gasteiger partial charge in [0.15, 0.2) is 0 Å². The molecule has 0 saturated carbocycles. The summed E-state index contributed by atoms with van der Waals surface area (Å²) in [7, 11) is 0. The predicted molar refractivity (Wildman–Crippen MR) is 81.9 cm³/mol. The molecule has 5 heteroatoms. The van der Waals surface area contributed by atoms with Gasteiger partial charge in [0.25, 0.3) is 5.91 Å². The van der Waals surface area contributed by atoms with Crippen LogP contribution in [0.3, 0.4) is 0 Å². The summed E-state index contributed by atoms with van der Waals surface area (Å²) in [6.45, 7) is 2.71. The van der Waals surface area contributed by atoms with Gasteiger partial charge in [-0.3, -0.25) is 9.78 Å². The van der Waals surface area contributed by atoms with Gasteiger partial charge in [-0.15, -0.1) is 0 Å². The third-order valence-electron chi connectivity index (χ3n) is 4.08. The van der Waals surface area contributed by atoms with Crippen molar-refractivity contribution in [3.05, 3.63) is 36.2 Å². The molecule has 5 nitrogen and oxygen atoms in total. The molecule has 2 aromatic rings. The maximum atomic E-state index is 12.7. The maximum Gasteiger partial charge on any atom is 0.274 e. The summed E-state index contributed by atoms with van der Waals surface area (Å²) in [4.78, 5) is 23.4. The summed E-state index contributed by atoms with van der Waals surface area (Å²) in [6, 6.07) is 7.65. The number of piperidine rings is 1. The molecule has 0 radical (unpaired) electrons.